The summed E-state index contributed by atoms with van der Waals surface area (Å²) in [4.78, 5) is -0.0769. The molecule has 1 atom stereocenters. The lowest BCUT2D eigenvalue weighted by molar-refractivity contribution is -0.0500. The first-order valence-corrected chi connectivity index (χ1v) is 11.4. The normalized spacial score (nSPS) is 16.8. The Morgan fingerprint density at radius 1 is 1.13 bits per heavy atom. The average molecular weight is 487 g/mol. The molecule has 30 heavy (non-hydrogen) atoms. The zero-order chi connectivity index (χ0) is 22.3. The number of halogens is 4. The van der Waals surface area contributed by atoms with Crippen molar-refractivity contribution in [2.75, 3.05) is 6.61 Å². The van der Waals surface area contributed by atoms with E-state index in [0.717, 1.165) is 11.6 Å². The van der Waals surface area contributed by atoms with Gasteiger partial charge in [0, 0.05) is 23.1 Å². The first-order valence-electron chi connectivity index (χ1n) is 8.24. The second kappa shape index (κ2) is 7.91. The maximum Gasteiger partial charge on any atom is 0.534 e. The van der Waals surface area contributed by atoms with Gasteiger partial charge >= 0.3 is 15.6 Å². The molecule has 0 aliphatic carbocycles. The van der Waals surface area contributed by atoms with Crippen molar-refractivity contribution in [3.8, 4) is 11.5 Å². The van der Waals surface area contributed by atoms with Crippen molar-refractivity contribution in [2.24, 2.45) is 0 Å². The summed E-state index contributed by atoms with van der Waals surface area (Å²) in [6.07, 6.45) is -0.906. The van der Waals surface area contributed by atoms with Gasteiger partial charge in [0.15, 0.2) is 11.5 Å². The fourth-order valence-corrected chi connectivity index (χ4v) is 4.24. The monoisotopic (exact) mass is 486 g/mol. The fraction of sp³-hybridized carbons (Fsp3) is 0.294. The average Bonchev–Trinajstić information content (AvgIpc) is 3.02. The third-order valence-electron chi connectivity index (χ3n) is 4.03. The molecule has 0 aromatic heterocycles. The molecule has 1 heterocycles. The van der Waals surface area contributed by atoms with Crippen molar-refractivity contribution in [2.45, 2.75) is 29.9 Å². The predicted octanol–water partition coefficient (Wildman–Crippen LogP) is 3.59. The van der Waals surface area contributed by atoms with Crippen molar-refractivity contribution in [3.63, 3.8) is 0 Å². The molecule has 2 aromatic carbocycles. The highest BCUT2D eigenvalue weighted by molar-refractivity contribution is 7.88. The molecule has 0 saturated carbocycles. The fourth-order valence-electron chi connectivity index (χ4n) is 2.62. The molecule has 0 bridgehead atoms. The number of aryl methyl sites for hydroxylation is 1. The molecule has 7 nitrogen and oxygen atoms in total. The van der Waals surface area contributed by atoms with Crippen LogP contribution in [0.3, 0.4) is 0 Å². The Kier molecular flexibility index (Phi) is 5.98. The minimum Gasteiger partial charge on any atom is -0.483 e. The highest BCUT2D eigenvalue weighted by Crippen LogP contribution is 2.42. The van der Waals surface area contributed by atoms with Gasteiger partial charge in [-0.3, -0.25) is 4.18 Å². The first kappa shape index (κ1) is 22.7. The largest absolute Gasteiger partial charge is 0.534 e. The van der Waals surface area contributed by atoms with Crippen LogP contribution in [0, 0.1) is 6.92 Å². The molecule has 13 heteroatoms. The minimum atomic E-state index is -5.95. The molecular formula is C17H14ClF3O7S2. The van der Waals surface area contributed by atoms with E-state index in [-0.39, 0.29) is 27.7 Å². The van der Waals surface area contributed by atoms with Crippen LogP contribution in [0.4, 0.5) is 13.2 Å². The third-order valence-corrected chi connectivity index (χ3v) is 6.51. The van der Waals surface area contributed by atoms with Gasteiger partial charge in [0.1, 0.15) is 12.7 Å². The molecule has 0 fully saturated rings. The summed E-state index contributed by atoms with van der Waals surface area (Å²) in [6, 6.07) is 8.11. The number of hydrogen-bond acceptors (Lipinski definition) is 7. The van der Waals surface area contributed by atoms with Crippen LogP contribution in [-0.2, 0) is 30.8 Å². The minimum absolute atomic E-state index is 0.0156. The van der Waals surface area contributed by atoms with Gasteiger partial charge in [-0.25, -0.2) is 0 Å². The molecule has 2 aromatic rings. The molecule has 1 unspecified atom stereocenters. The number of hydrogen-bond donors (Lipinski definition) is 0. The summed E-state index contributed by atoms with van der Waals surface area (Å²) < 4.78 is 99.5. The quantitative estimate of drug-likeness (QED) is 0.455. The first-order chi connectivity index (χ1) is 13.8. The van der Waals surface area contributed by atoms with Gasteiger partial charge in [-0.1, -0.05) is 29.3 Å². The highest BCUT2D eigenvalue weighted by Gasteiger charge is 2.49. The number of fused-ring (bicyclic) bond motifs is 1. The van der Waals surface area contributed by atoms with Crippen LogP contribution in [0.1, 0.15) is 11.1 Å². The van der Waals surface area contributed by atoms with Crippen LogP contribution in [-0.4, -0.2) is 35.1 Å². The Morgan fingerprint density at radius 3 is 2.37 bits per heavy atom. The molecule has 1 aliphatic rings. The highest BCUT2D eigenvalue weighted by atomic mass is 35.5. The molecule has 0 radical (unpaired) electrons. The Hall–Kier alpha value is -2.02. The van der Waals surface area contributed by atoms with Crippen LogP contribution in [0.2, 0.25) is 5.02 Å². The predicted molar refractivity (Wildman–Crippen MR) is 99.5 cm³/mol. The molecule has 0 N–H and O–H groups in total. The van der Waals surface area contributed by atoms with E-state index < -0.39 is 44.2 Å². The van der Waals surface area contributed by atoms with E-state index in [4.69, 9.17) is 20.5 Å². The van der Waals surface area contributed by atoms with Gasteiger partial charge in [-0.05, 0) is 25.1 Å². The molecule has 0 spiro atoms. The lowest BCUT2D eigenvalue weighted by Gasteiger charge is -2.14. The van der Waals surface area contributed by atoms with Crippen LogP contribution in [0.25, 0.3) is 0 Å². The van der Waals surface area contributed by atoms with Gasteiger partial charge in [0.05, 0.1) is 4.90 Å². The van der Waals surface area contributed by atoms with Crippen molar-refractivity contribution in [1.29, 1.82) is 0 Å². The van der Waals surface area contributed by atoms with Gasteiger partial charge in [-0.2, -0.15) is 30.0 Å². The molecular weight excluding hydrogens is 473 g/mol. The molecule has 0 amide bonds. The van der Waals surface area contributed by atoms with E-state index >= 15 is 0 Å². The zero-order valence-electron chi connectivity index (χ0n) is 15.1. The number of ether oxygens (including phenoxy) is 1. The van der Waals surface area contributed by atoms with Gasteiger partial charge in [-0.15, -0.1) is 0 Å². The lowest BCUT2D eigenvalue weighted by Crippen LogP contribution is -2.28. The number of rotatable bonds is 6. The smallest absolute Gasteiger partial charge is 0.483 e. The van der Waals surface area contributed by atoms with Crippen LogP contribution in [0.5, 0.6) is 11.5 Å². The molecule has 164 valence electrons. The van der Waals surface area contributed by atoms with Gasteiger partial charge in [0.25, 0.3) is 10.1 Å². The van der Waals surface area contributed by atoms with Crippen LogP contribution < -0.4 is 8.92 Å². The van der Waals surface area contributed by atoms with Crippen molar-refractivity contribution >= 4 is 31.8 Å². The Labute approximate surface area is 175 Å². The standard InChI is InChI=1S/C17H14ClF3O7S2/c1-10-2-4-14(5-3-10)29(22,23)26-9-13-7-11-6-12(18)8-15(16(11)27-13)28-30(24,25)17(19,20)21/h2-6,8,13H,7,9H2,1H3. The second-order valence-electron chi connectivity index (χ2n) is 6.37. The summed E-state index contributed by atoms with van der Waals surface area (Å²) in [5.41, 5.74) is -4.55. The van der Waals surface area contributed by atoms with E-state index in [2.05, 4.69) is 4.18 Å². The summed E-state index contributed by atoms with van der Waals surface area (Å²) in [5, 5.41) is -0.0847. The van der Waals surface area contributed by atoms with E-state index in [1.807, 2.05) is 0 Å². The number of benzene rings is 2. The van der Waals surface area contributed by atoms with Crippen LogP contribution in [0.15, 0.2) is 41.3 Å². The topological polar surface area (TPSA) is 96.0 Å². The van der Waals surface area contributed by atoms with Crippen molar-refractivity contribution < 1.29 is 43.1 Å². The third kappa shape index (κ3) is 4.82. The van der Waals surface area contributed by atoms with Gasteiger partial charge in [0.2, 0.25) is 0 Å². The molecule has 0 saturated heterocycles. The van der Waals surface area contributed by atoms with E-state index in [1.165, 1.54) is 18.2 Å². The van der Waals surface area contributed by atoms with Crippen molar-refractivity contribution in [3.05, 3.63) is 52.5 Å². The SMILES string of the molecule is Cc1ccc(S(=O)(=O)OCC2Cc3cc(Cl)cc(OS(=O)(=O)C(F)(F)F)c3O2)cc1. The zero-order valence-corrected chi connectivity index (χ0v) is 17.5. The molecule has 1 aliphatic heterocycles. The summed E-state index contributed by atoms with van der Waals surface area (Å²) in [5.74, 6) is -1.03. The van der Waals surface area contributed by atoms with Crippen molar-refractivity contribution in [1.82, 2.24) is 0 Å². The Bertz CT molecular complexity index is 1160. The summed E-state index contributed by atoms with van der Waals surface area (Å²) in [6.45, 7) is 1.32. The van der Waals surface area contributed by atoms with Crippen LogP contribution >= 0.6 is 11.6 Å². The summed E-state index contributed by atoms with van der Waals surface area (Å²) >= 11 is 5.82. The second-order valence-corrected chi connectivity index (χ2v) is 9.96. The van der Waals surface area contributed by atoms with Gasteiger partial charge < -0.3 is 8.92 Å². The molecule has 3 rings (SSSR count). The van der Waals surface area contributed by atoms with E-state index in [9.17, 15) is 30.0 Å². The van der Waals surface area contributed by atoms with E-state index in [0.29, 0.717) is 0 Å². The Balaban J connectivity index is 1.76. The lowest BCUT2D eigenvalue weighted by atomic mass is 10.1. The summed E-state index contributed by atoms with van der Waals surface area (Å²) in [7, 11) is -10.0. The number of alkyl halides is 3. The van der Waals surface area contributed by atoms with E-state index in [1.54, 1.807) is 19.1 Å². The maximum absolute atomic E-state index is 12.6. The maximum atomic E-state index is 12.6. The Morgan fingerprint density at radius 2 is 1.77 bits per heavy atom.